The van der Waals surface area contributed by atoms with E-state index in [1.54, 1.807) is 29.2 Å². The molecule has 3 aromatic rings. The summed E-state index contributed by atoms with van der Waals surface area (Å²) in [6.07, 6.45) is -0.141. The van der Waals surface area contributed by atoms with Gasteiger partial charge in [0.05, 0.1) is 6.42 Å². The zero-order valence-electron chi connectivity index (χ0n) is 16.2. The summed E-state index contributed by atoms with van der Waals surface area (Å²) in [5, 5.41) is 0. The molecule has 0 fully saturated rings. The van der Waals surface area contributed by atoms with Gasteiger partial charge in [-0.05, 0) is 36.4 Å². The summed E-state index contributed by atoms with van der Waals surface area (Å²) >= 11 is 3.30. The lowest BCUT2D eigenvalue weighted by molar-refractivity contribution is -0.143. The number of hydrogen-bond acceptors (Lipinski definition) is 4. The molecule has 0 radical (unpaired) electrons. The van der Waals surface area contributed by atoms with E-state index >= 15 is 0 Å². The molecule has 6 heteroatoms. The van der Waals surface area contributed by atoms with Crippen LogP contribution in [0.25, 0.3) is 0 Å². The largest absolute Gasteiger partial charge is 0.457 e. The molecule has 0 heterocycles. The Labute approximate surface area is 183 Å². The Bertz CT molecular complexity index is 965. The molecule has 0 unspecified atom stereocenters. The van der Waals surface area contributed by atoms with Crippen molar-refractivity contribution in [3.63, 3.8) is 0 Å². The highest BCUT2D eigenvalue weighted by molar-refractivity contribution is 9.10. The number of Topliss-reactive ketones (excluding diaryl/α,β-unsaturated/α-hetero) is 1. The molecular formula is C24H20BrNO4. The highest BCUT2D eigenvalue weighted by Crippen LogP contribution is 2.26. The molecule has 0 aliphatic heterocycles. The van der Waals surface area contributed by atoms with Gasteiger partial charge in [-0.15, -0.1) is 0 Å². The summed E-state index contributed by atoms with van der Waals surface area (Å²) in [6.45, 7) is -0.351. The van der Waals surface area contributed by atoms with E-state index < -0.39 is 5.97 Å². The molecule has 0 saturated carbocycles. The molecule has 1 amide bonds. The smallest absolute Gasteiger partial charge is 0.306 e. The molecule has 0 aliphatic rings. The number of carbonyl (C=O) groups excluding carboxylic acids is 3. The van der Waals surface area contributed by atoms with Gasteiger partial charge in [0, 0.05) is 27.8 Å². The van der Waals surface area contributed by atoms with Gasteiger partial charge in [-0.1, -0.05) is 64.5 Å². The van der Waals surface area contributed by atoms with Crippen molar-refractivity contribution < 1.29 is 19.1 Å². The number of rotatable bonds is 8. The molecule has 0 spiro atoms. The van der Waals surface area contributed by atoms with E-state index in [4.69, 9.17) is 4.74 Å². The molecule has 0 bridgehead atoms. The van der Waals surface area contributed by atoms with E-state index in [-0.39, 0.29) is 31.1 Å². The maximum absolute atomic E-state index is 12.9. The number of ether oxygens (including phenoxy) is 1. The lowest BCUT2D eigenvalue weighted by Gasteiger charge is -2.23. The first-order valence-corrected chi connectivity index (χ1v) is 10.2. The van der Waals surface area contributed by atoms with Crippen molar-refractivity contribution in [1.82, 2.24) is 0 Å². The summed E-state index contributed by atoms with van der Waals surface area (Å²) in [5.41, 5.74) is 1.89. The minimum Gasteiger partial charge on any atom is -0.457 e. The van der Waals surface area contributed by atoms with Crippen molar-refractivity contribution in [2.45, 2.75) is 12.8 Å². The Morgan fingerprint density at radius 2 is 1.27 bits per heavy atom. The number of carbonyl (C=O) groups is 3. The zero-order valence-corrected chi connectivity index (χ0v) is 17.7. The van der Waals surface area contributed by atoms with Crippen molar-refractivity contribution in [3.8, 4) is 0 Å². The van der Waals surface area contributed by atoms with Crippen LogP contribution in [0.5, 0.6) is 0 Å². The molecule has 0 aliphatic carbocycles. The Morgan fingerprint density at radius 1 is 0.733 bits per heavy atom. The third-order valence-corrected chi connectivity index (χ3v) is 4.88. The van der Waals surface area contributed by atoms with Crippen molar-refractivity contribution in [2.24, 2.45) is 0 Å². The second-order valence-corrected chi connectivity index (χ2v) is 7.41. The summed E-state index contributed by atoms with van der Waals surface area (Å²) in [5.74, 6) is -1.11. The number of benzene rings is 3. The maximum Gasteiger partial charge on any atom is 0.306 e. The summed E-state index contributed by atoms with van der Waals surface area (Å²) in [7, 11) is 0. The number of esters is 1. The van der Waals surface area contributed by atoms with E-state index in [0.29, 0.717) is 16.9 Å². The van der Waals surface area contributed by atoms with Crippen LogP contribution in [0, 0.1) is 0 Å². The van der Waals surface area contributed by atoms with Gasteiger partial charge in [0.1, 0.15) is 0 Å². The minimum atomic E-state index is -0.588. The number of para-hydroxylation sites is 2. The van der Waals surface area contributed by atoms with Crippen LogP contribution in [0.2, 0.25) is 0 Å². The van der Waals surface area contributed by atoms with Crippen LogP contribution in [0.15, 0.2) is 89.4 Å². The Morgan fingerprint density at radius 3 is 1.80 bits per heavy atom. The summed E-state index contributed by atoms with van der Waals surface area (Å²) in [4.78, 5) is 38.6. The number of nitrogens with zero attached hydrogens (tertiary/aromatic N) is 1. The quantitative estimate of drug-likeness (QED) is 0.333. The number of anilines is 2. The second kappa shape index (κ2) is 10.5. The van der Waals surface area contributed by atoms with E-state index in [2.05, 4.69) is 15.9 Å². The minimum absolute atomic E-state index is 0.0326. The van der Waals surface area contributed by atoms with Gasteiger partial charge >= 0.3 is 5.97 Å². The Hall–Kier alpha value is -3.25. The molecule has 0 saturated heterocycles. The molecular weight excluding hydrogens is 446 g/mol. The standard InChI is InChI=1S/C24H20BrNO4/c25-19-13-11-18(12-14-19)22(27)17-30-24(29)16-15-23(28)26(20-7-3-1-4-8-20)21-9-5-2-6-10-21/h1-14H,15-17H2. The zero-order chi connectivity index (χ0) is 21.3. The first-order valence-electron chi connectivity index (χ1n) is 9.42. The lowest BCUT2D eigenvalue weighted by Crippen LogP contribution is -2.26. The average Bonchev–Trinajstić information content (AvgIpc) is 2.78. The molecule has 3 rings (SSSR count). The van der Waals surface area contributed by atoms with Crippen molar-refractivity contribution in [1.29, 1.82) is 0 Å². The van der Waals surface area contributed by atoms with E-state index in [9.17, 15) is 14.4 Å². The average molecular weight is 466 g/mol. The van der Waals surface area contributed by atoms with E-state index in [0.717, 1.165) is 4.47 Å². The fourth-order valence-corrected chi connectivity index (χ4v) is 3.11. The fraction of sp³-hybridized carbons (Fsp3) is 0.125. The molecule has 0 atom stereocenters. The first kappa shape index (κ1) is 21.5. The lowest BCUT2D eigenvalue weighted by atomic mass is 10.1. The number of ketones is 1. The molecule has 3 aromatic carbocycles. The predicted octanol–water partition coefficient (Wildman–Crippen LogP) is 5.32. The molecule has 152 valence electrons. The monoisotopic (exact) mass is 465 g/mol. The van der Waals surface area contributed by atoms with Crippen LogP contribution in [-0.2, 0) is 14.3 Å². The third-order valence-electron chi connectivity index (χ3n) is 4.35. The Kier molecular flexibility index (Phi) is 7.51. The van der Waals surface area contributed by atoms with Crippen molar-refractivity contribution in [3.05, 3.63) is 95.0 Å². The van der Waals surface area contributed by atoms with Crippen LogP contribution >= 0.6 is 15.9 Å². The van der Waals surface area contributed by atoms with Crippen molar-refractivity contribution in [2.75, 3.05) is 11.5 Å². The normalized spacial score (nSPS) is 10.3. The van der Waals surface area contributed by atoms with Gasteiger partial charge in [0.15, 0.2) is 12.4 Å². The van der Waals surface area contributed by atoms with Crippen LogP contribution < -0.4 is 4.90 Å². The van der Waals surface area contributed by atoms with Gasteiger partial charge in [0.2, 0.25) is 5.91 Å². The summed E-state index contributed by atoms with van der Waals surface area (Å²) < 4.78 is 5.92. The van der Waals surface area contributed by atoms with Gasteiger partial charge in [-0.2, -0.15) is 0 Å². The van der Waals surface area contributed by atoms with Crippen LogP contribution in [-0.4, -0.2) is 24.3 Å². The topological polar surface area (TPSA) is 63.7 Å². The highest BCUT2D eigenvalue weighted by atomic mass is 79.9. The Balaban J connectivity index is 1.58. The second-order valence-electron chi connectivity index (χ2n) is 6.49. The maximum atomic E-state index is 12.9. The van der Waals surface area contributed by atoms with E-state index in [1.807, 2.05) is 60.7 Å². The van der Waals surface area contributed by atoms with Gasteiger partial charge in [0.25, 0.3) is 0 Å². The number of halogens is 1. The third kappa shape index (κ3) is 5.87. The van der Waals surface area contributed by atoms with Crippen molar-refractivity contribution >= 4 is 45.0 Å². The predicted molar refractivity (Wildman–Crippen MR) is 119 cm³/mol. The molecule has 30 heavy (non-hydrogen) atoms. The van der Waals surface area contributed by atoms with Gasteiger partial charge in [-0.3, -0.25) is 19.3 Å². The molecule has 5 nitrogen and oxygen atoms in total. The van der Waals surface area contributed by atoms with E-state index in [1.165, 1.54) is 0 Å². The fourth-order valence-electron chi connectivity index (χ4n) is 2.85. The first-order chi connectivity index (χ1) is 14.5. The van der Waals surface area contributed by atoms with Gasteiger partial charge in [-0.25, -0.2) is 0 Å². The SMILES string of the molecule is O=C(CCC(=O)N(c1ccccc1)c1ccccc1)OCC(=O)c1ccc(Br)cc1. The van der Waals surface area contributed by atoms with Crippen LogP contribution in [0.4, 0.5) is 11.4 Å². The number of amides is 1. The highest BCUT2D eigenvalue weighted by Gasteiger charge is 2.19. The summed E-state index contributed by atoms with van der Waals surface area (Å²) in [6, 6.07) is 25.3. The van der Waals surface area contributed by atoms with Gasteiger partial charge < -0.3 is 4.74 Å². The molecule has 0 aromatic heterocycles. The van der Waals surface area contributed by atoms with Crippen LogP contribution in [0.1, 0.15) is 23.2 Å². The molecule has 0 N–H and O–H groups in total. The number of hydrogen-bond donors (Lipinski definition) is 0. The van der Waals surface area contributed by atoms with Crippen LogP contribution in [0.3, 0.4) is 0 Å².